The van der Waals surface area contributed by atoms with Gasteiger partial charge in [0.05, 0.1) is 13.2 Å². The van der Waals surface area contributed by atoms with Crippen molar-refractivity contribution in [1.82, 2.24) is 0 Å². The van der Waals surface area contributed by atoms with E-state index >= 15 is 0 Å². The molecule has 1 N–H and O–H groups in total. The van der Waals surface area contributed by atoms with Crippen LogP contribution in [-0.4, -0.2) is 18.3 Å². The summed E-state index contributed by atoms with van der Waals surface area (Å²) in [6.45, 7) is 5.02. The van der Waals surface area contributed by atoms with Gasteiger partial charge in [0.1, 0.15) is 0 Å². The molecule has 0 unspecified atom stereocenters. The van der Waals surface area contributed by atoms with Gasteiger partial charge in [0.2, 0.25) is 5.76 Å². The fourth-order valence-electron chi connectivity index (χ4n) is 1.34. The number of hydrogen-bond donors (Lipinski definition) is 1. The van der Waals surface area contributed by atoms with E-state index in [1.807, 2.05) is 38.1 Å². The summed E-state index contributed by atoms with van der Waals surface area (Å²) in [6.07, 6.45) is 1.71. The van der Waals surface area contributed by atoms with Crippen LogP contribution in [0.4, 0.5) is 0 Å². The maximum Gasteiger partial charge on any atom is 0.321 e. The molecule has 0 saturated heterocycles. The quantitative estimate of drug-likeness (QED) is 0.754. The van der Waals surface area contributed by atoms with Crippen LogP contribution in [0.15, 0.2) is 34.7 Å². The van der Waals surface area contributed by atoms with E-state index in [-0.39, 0.29) is 5.95 Å². The summed E-state index contributed by atoms with van der Waals surface area (Å²) < 4.78 is 11.8. The second-order valence-electron chi connectivity index (χ2n) is 3.84. The summed E-state index contributed by atoms with van der Waals surface area (Å²) in [5, 5.41) is 9.91. The first-order chi connectivity index (χ1) is 8.69. The van der Waals surface area contributed by atoms with Gasteiger partial charge in [-0.05, 0) is 37.1 Å². The molecule has 0 aromatic heterocycles. The Labute approximate surface area is 117 Å². The molecule has 1 aromatic carbocycles. The summed E-state index contributed by atoms with van der Waals surface area (Å²) in [5.41, 5.74) is 0.806. The third-order valence-corrected chi connectivity index (χ3v) is 2.72. The van der Waals surface area contributed by atoms with E-state index < -0.39 is 0 Å². The van der Waals surface area contributed by atoms with Crippen LogP contribution in [0.1, 0.15) is 32.3 Å². The van der Waals surface area contributed by atoms with Gasteiger partial charge in [0, 0.05) is 10.0 Å². The highest BCUT2D eigenvalue weighted by molar-refractivity contribution is 9.10. The molecule has 0 saturated carbocycles. The van der Waals surface area contributed by atoms with Crippen LogP contribution < -0.4 is 0 Å². The van der Waals surface area contributed by atoms with E-state index in [0.717, 1.165) is 22.9 Å². The van der Waals surface area contributed by atoms with Crippen LogP contribution in [-0.2, 0) is 9.47 Å². The number of hydrogen-bond acceptors (Lipinski definition) is 3. The minimum absolute atomic E-state index is 0.146. The molecule has 0 atom stereocenters. The molecule has 0 bridgehead atoms. The van der Waals surface area contributed by atoms with Crippen molar-refractivity contribution in [2.45, 2.75) is 26.7 Å². The van der Waals surface area contributed by atoms with Crippen LogP contribution in [0.3, 0.4) is 0 Å². The van der Waals surface area contributed by atoms with Gasteiger partial charge in [-0.2, -0.15) is 0 Å². The Hall–Kier alpha value is -1.16. The summed E-state index contributed by atoms with van der Waals surface area (Å²) in [7, 11) is 0. The Morgan fingerprint density at radius 2 is 1.61 bits per heavy atom. The molecule has 3 nitrogen and oxygen atoms in total. The van der Waals surface area contributed by atoms with Gasteiger partial charge in [-0.3, -0.25) is 0 Å². The molecule has 0 aliphatic carbocycles. The van der Waals surface area contributed by atoms with Gasteiger partial charge in [-0.25, -0.2) is 0 Å². The summed E-state index contributed by atoms with van der Waals surface area (Å²) >= 11 is 3.38. The van der Waals surface area contributed by atoms with E-state index in [4.69, 9.17) is 9.47 Å². The lowest BCUT2D eigenvalue weighted by Gasteiger charge is -2.12. The maximum absolute atomic E-state index is 9.91. The zero-order valence-corrected chi connectivity index (χ0v) is 12.4. The second-order valence-corrected chi connectivity index (χ2v) is 4.75. The fourth-order valence-corrected chi connectivity index (χ4v) is 1.60. The van der Waals surface area contributed by atoms with E-state index in [9.17, 15) is 5.11 Å². The van der Waals surface area contributed by atoms with E-state index in [1.54, 1.807) is 0 Å². The highest BCUT2D eigenvalue weighted by atomic mass is 79.9. The van der Waals surface area contributed by atoms with Gasteiger partial charge >= 0.3 is 5.95 Å². The Bertz CT molecular complexity index is 385. The number of halogens is 1. The highest BCUT2D eigenvalue weighted by Crippen LogP contribution is 2.22. The summed E-state index contributed by atoms with van der Waals surface area (Å²) in [5.74, 6) is 0.255. The third kappa shape index (κ3) is 4.61. The Morgan fingerprint density at radius 3 is 2.17 bits per heavy atom. The van der Waals surface area contributed by atoms with Crippen LogP contribution >= 0.6 is 15.9 Å². The van der Waals surface area contributed by atoms with Crippen molar-refractivity contribution < 1.29 is 14.6 Å². The van der Waals surface area contributed by atoms with Crippen molar-refractivity contribution >= 4 is 21.7 Å². The fraction of sp³-hybridized carbons (Fsp3) is 0.429. The lowest BCUT2D eigenvalue weighted by molar-refractivity contribution is 0.0823. The Balaban J connectivity index is 2.92. The van der Waals surface area contributed by atoms with Crippen molar-refractivity contribution in [3.05, 3.63) is 40.2 Å². The largest absolute Gasteiger partial charge is 0.486 e. The molecular weight excluding hydrogens is 296 g/mol. The molecule has 100 valence electrons. The smallest absolute Gasteiger partial charge is 0.321 e. The molecule has 0 aliphatic rings. The summed E-state index contributed by atoms with van der Waals surface area (Å²) in [6, 6.07) is 7.55. The Kier molecular flexibility index (Phi) is 6.65. The SMILES string of the molecule is CCCOC(O)=C(OCCC)c1ccc(Br)cc1. The van der Waals surface area contributed by atoms with Crippen LogP contribution in [0, 0.1) is 0 Å². The molecule has 4 heteroatoms. The molecule has 1 rings (SSSR count). The molecular formula is C14H19BrO3. The maximum atomic E-state index is 9.91. The third-order valence-electron chi connectivity index (χ3n) is 2.19. The molecule has 0 fully saturated rings. The zero-order valence-electron chi connectivity index (χ0n) is 10.8. The van der Waals surface area contributed by atoms with E-state index in [1.165, 1.54) is 0 Å². The van der Waals surface area contributed by atoms with Crippen LogP contribution in [0.5, 0.6) is 0 Å². The van der Waals surface area contributed by atoms with Crippen LogP contribution in [0.2, 0.25) is 0 Å². The molecule has 0 aliphatic heterocycles. The predicted molar refractivity (Wildman–Crippen MR) is 76.2 cm³/mol. The number of ether oxygens (including phenoxy) is 2. The predicted octanol–water partition coefficient (Wildman–Crippen LogP) is 4.49. The molecule has 1 aromatic rings. The summed E-state index contributed by atoms with van der Waals surface area (Å²) in [4.78, 5) is 0. The standard InChI is InChI=1S/C14H19BrO3/c1-3-9-17-13(14(16)18-10-4-2)11-5-7-12(15)8-6-11/h5-8,16H,3-4,9-10H2,1-2H3. The number of rotatable bonds is 7. The van der Waals surface area contributed by atoms with Gasteiger partial charge in [-0.15, -0.1) is 0 Å². The van der Waals surface area contributed by atoms with Crippen molar-refractivity contribution in [2.75, 3.05) is 13.2 Å². The number of aliphatic hydroxyl groups excluding tert-OH is 1. The molecule has 0 heterocycles. The average Bonchev–Trinajstić information content (AvgIpc) is 2.38. The van der Waals surface area contributed by atoms with E-state index in [2.05, 4.69) is 15.9 Å². The van der Waals surface area contributed by atoms with Crippen molar-refractivity contribution in [3.8, 4) is 0 Å². The Morgan fingerprint density at radius 1 is 1.06 bits per heavy atom. The normalized spacial score (nSPS) is 11.9. The minimum atomic E-state index is -0.146. The average molecular weight is 315 g/mol. The molecule has 0 amide bonds. The van der Waals surface area contributed by atoms with E-state index in [0.29, 0.717) is 19.0 Å². The minimum Gasteiger partial charge on any atom is -0.486 e. The van der Waals surface area contributed by atoms with Gasteiger partial charge < -0.3 is 14.6 Å². The molecule has 18 heavy (non-hydrogen) atoms. The first kappa shape index (κ1) is 14.9. The second kappa shape index (κ2) is 8.03. The number of aliphatic hydroxyl groups is 1. The molecule has 0 radical (unpaired) electrons. The lowest BCUT2D eigenvalue weighted by atomic mass is 10.2. The van der Waals surface area contributed by atoms with Gasteiger partial charge in [0.25, 0.3) is 0 Å². The van der Waals surface area contributed by atoms with Crippen molar-refractivity contribution in [2.24, 2.45) is 0 Å². The zero-order chi connectivity index (χ0) is 13.4. The van der Waals surface area contributed by atoms with Gasteiger partial charge in [0.15, 0.2) is 0 Å². The lowest BCUT2D eigenvalue weighted by Crippen LogP contribution is -2.02. The molecule has 0 spiro atoms. The first-order valence-corrected chi connectivity index (χ1v) is 6.93. The first-order valence-electron chi connectivity index (χ1n) is 6.13. The topological polar surface area (TPSA) is 38.7 Å². The van der Waals surface area contributed by atoms with Crippen molar-refractivity contribution in [3.63, 3.8) is 0 Å². The van der Waals surface area contributed by atoms with Crippen LogP contribution in [0.25, 0.3) is 5.76 Å². The monoisotopic (exact) mass is 314 g/mol. The van der Waals surface area contributed by atoms with Gasteiger partial charge in [-0.1, -0.05) is 29.8 Å². The highest BCUT2D eigenvalue weighted by Gasteiger charge is 2.11. The number of benzene rings is 1. The van der Waals surface area contributed by atoms with Crippen molar-refractivity contribution in [1.29, 1.82) is 0 Å².